The number of fused-ring (bicyclic) bond motifs is 1. The average Bonchev–Trinajstić information content (AvgIpc) is 2.83. The van der Waals surface area contributed by atoms with Crippen molar-refractivity contribution in [2.24, 2.45) is 5.92 Å². The fourth-order valence-electron chi connectivity index (χ4n) is 3.70. The van der Waals surface area contributed by atoms with E-state index in [0.29, 0.717) is 16.5 Å². The molecule has 0 bridgehead atoms. The van der Waals surface area contributed by atoms with Gasteiger partial charge in [0.05, 0.1) is 11.3 Å². The molecule has 1 atom stereocenters. The molecule has 4 aromatic rings. The van der Waals surface area contributed by atoms with Gasteiger partial charge in [0.1, 0.15) is 5.52 Å². The first-order valence-corrected chi connectivity index (χ1v) is 10.7. The predicted molar refractivity (Wildman–Crippen MR) is 125 cm³/mol. The molecule has 0 aliphatic heterocycles. The van der Waals surface area contributed by atoms with E-state index < -0.39 is 11.9 Å². The quantitative estimate of drug-likeness (QED) is 0.413. The van der Waals surface area contributed by atoms with Crippen LogP contribution < -0.4 is 5.56 Å². The maximum Gasteiger partial charge on any atom is 0.307 e. The Kier molecular flexibility index (Phi) is 6.40. The zero-order chi connectivity index (χ0) is 23.4. The first kappa shape index (κ1) is 22.1. The number of Topliss-reactive ketones (excluding diaryl/α,β-unsaturated/α-hetero) is 1. The monoisotopic (exact) mass is 441 g/mol. The summed E-state index contributed by atoms with van der Waals surface area (Å²) >= 11 is 0. The Balaban J connectivity index is 1.44. The van der Waals surface area contributed by atoms with Gasteiger partial charge in [-0.1, -0.05) is 71.4 Å². The minimum absolute atomic E-state index is 0.0628. The number of aromatic nitrogens is 3. The Bertz CT molecular complexity index is 1360. The number of nitrogens with zero attached hydrogens (tertiary/aromatic N) is 3. The minimum Gasteiger partial charge on any atom is -0.481 e. The van der Waals surface area contributed by atoms with Crippen LogP contribution >= 0.6 is 0 Å². The summed E-state index contributed by atoms with van der Waals surface area (Å²) in [5.41, 5.74) is 3.81. The number of hydrogen-bond acceptors (Lipinski definition) is 5. The van der Waals surface area contributed by atoms with Crippen LogP contribution in [0.1, 0.15) is 28.8 Å². The molecule has 166 valence electrons. The van der Waals surface area contributed by atoms with E-state index in [4.69, 9.17) is 0 Å². The summed E-state index contributed by atoms with van der Waals surface area (Å²) in [7, 11) is 0. The van der Waals surface area contributed by atoms with Gasteiger partial charge in [-0.05, 0) is 36.6 Å². The van der Waals surface area contributed by atoms with Crippen molar-refractivity contribution in [3.05, 3.63) is 94.3 Å². The summed E-state index contributed by atoms with van der Waals surface area (Å²) < 4.78 is 1.15. The van der Waals surface area contributed by atoms with Gasteiger partial charge >= 0.3 is 5.97 Å². The molecule has 4 rings (SSSR count). The Morgan fingerprint density at radius 1 is 0.939 bits per heavy atom. The number of aryl methyl sites for hydroxylation is 2. The molecular formula is C26H23N3O4. The van der Waals surface area contributed by atoms with Crippen LogP contribution in [0.5, 0.6) is 0 Å². The van der Waals surface area contributed by atoms with Gasteiger partial charge < -0.3 is 5.11 Å². The van der Waals surface area contributed by atoms with E-state index in [1.165, 1.54) is 5.56 Å². The second-order valence-corrected chi connectivity index (χ2v) is 8.03. The van der Waals surface area contributed by atoms with E-state index in [0.717, 1.165) is 15.8 Å². The van der Waals surface area contributed by atoms with Crippen LogP contribution in [-0.2, 0) is 11.3 Å². The van der Waals surface area contributed by atoms with Crippen LogP contribution in [0.3, 0.4) is 0 Å². The Morgan fingerprint density at radius 3 is 2.24 bits per heavy atom. The molecule has 0 saturated carbocycles. The smallest absolute Gasteiger partial charge is 0.307 e. The van der Waals surface area contributed by atoms with Gasteiger partial charge in [-0.25, -0.2) is 4.68 Å². The lowest BCUT2D eigenvalue weighted by Gasteiger charge is -2.12. The molecule has 0 fully saturated rings. The highest BCUT2D eigenvalue weighted by molar-refractivity contribution is 5.98. The Hall–Kier alpha value is -4.13. The SMILES string of the molecule is Cc1ccc(-c2ccc(C(=O)C[C@H](CCn3nnc4ccccc4c3=O)C(=O)O)cc2)cc1. The third kappa shape index (κ3) is 5.03. The number of carbonyl (C=O) groups is 2. The van der Waals surface area contributed by atoms with Crippen LogP contribution in [0, 0.1) is 12.8 Å². The maximum atomic E-state index is 12.7. The van der Waals surface area contributed by atoms with Crippen molar-refractivity contribution in [3.63, 3.8) is 0 Å². The summed E-state index contributed by atoms with van der Waals surface area (Å²) in [4.78, 5) is 37.1. The summed E-state index contributed by atoms with van der Waals surface area (Å²) in [6.45, 7) is 2.08. The molecule has 0 amide bonds. The van der Waals surface area contributed by atoms with Gasteiger partial charge in [0.15, 0.2) is 5.78 Å². The first-order valence-electron chi connectivity index (χ1n) is 10.7. The molecule has 7 nitrogen and oxygen atoms in total. The average molecular weight is 441 g/mol. The van der Waals surface area contributed by atoms with Crippen molar-refractivity contribution in [2.45, 2.75) is 26.3 Å². The fourth-order valence-corrected chi connectivity index (χ4v) is 3.70. The van der Waals surface area contributed by atoms with E-state index in [1.54, 1.807) is 36.4 Å². The summed E-state index contributed by atoms with van der Waals surface area (Å²) in [6.07, 6.45) is -0.0651. The lowest BCUT2D eigenvalue weighted by atomic mass is 9.94. The lowest BCUT2D eigenvalue weighted by molar-refractivity contribution is -0.142. The third-order valence-electron chi connectivity index (χ3n) is 5.69. The highest BCUT2D eigenvalue weighted by Gasteiger charge is 2.22. The second-order valence-electron chi connectivity index (χ2n) is 8.03. The van der Waals surface area contributed by atoms with E-state index in [2.05, 4.69) is 10.3 Å². The molecule has 1 heterocycles. The summed E-state index contributed by atoms with van der Waals surface area (Å²) in [6, 6.07) is 22.1. The van der Waals surface area contributed by atoms with Crippen molar-refractivity contribution < 1.29 is 14.7 Å². The molecular weight excluding hydrogens is 418 g/mol. The third-order valence-corrected chi connectivity index (χ3v) is 5.69. The number of carboxylic acid groups (broad SMARTS) is 1. The van der Waals surface area contributed by atoms with Crippen LogP contribution in [0.15, 0.2) is 77.6 Å². The molecule has 0 saturated heterocycles. The molecule has 0 aliphatic carbocycles. The Morgan fingerprint density at radius 2 is 1.58 bits per heavy atom. The molecule has 7 heteroatoms. The van der Waals surface area contributed by atoms with Gasteiger partial charge in [0.25, 0.3) is 5.56 Å². The van der Waals surface area contributed by atoms with Crippen molar-refractivity contribution in [1.82, 2.24) is 15.0 Å². The molecule has 0 unspecified atom stereocenters. The summed E-state index contributed by atoms with van der Waals surface area (Å²) in [5, 5.41) is 18.0. The van der Waals surface area contributed by atoms with Gasteiger partial charge in [0, 0.05) is 18.5 Å². The lowest BCUT2D eigenvalue weighted by Crippen LogP contribution is -2.27. The number of carboxylic acids is 1. The maximum absolute atomic E-state index is 12.7. The van der Waals surface area contributed by atoms with Crippen molar-refractivity contribution in [2.75, 3.05) is 0 Å². The Labute approximate surface area is 190 Å². The van der Waals surface area contributed by atoms with Crippen LogP contribution in [0.25, 0.3) is 22.0 Å². The molecule has 0 aliphatic rings. The van der Waals surface area contributed by atoms with Gasteiger partial charge in [-0.15, -0.1) is 5.10 Å². The van der Waals surface area contributed by atoms with Crippen molar-refractivity contribution in [1.29, 1.82) is 0 Å². The van der Waals surface area contributed by atoms with Gasteiger partial charge in [0.2, 0.25) is 0 Å². The molecule has 33 heavy (non-hydrogen) atoms. The topological polar surface area (TPSA) is 102 Å². The van der Waals surface area contributed by atoms with Crippen molar-refractivity contribution >= 4 is 22.7 Å². The predicted octanol–water partition coefficient (Wildman–Crippen LogP) is 4.13. The zero-order valence-corrected chi connectivity index (χ0v) is 18.1. The number of ketones is 1. The molecule has 1 N–H and O–H groups in total. The highest BCUT2D eigenvalue weighted by Crippen LogP contribution is 2.22. The van der Waals surface area contributed by atoms with E-state index >= 15 is 0 Å². The number of rotatable bonds is 8. The summed E-state index contributed by atoms with van der Waals surface area (Å²) in [5.74, 6) is -2.27. The van der Waals surface area contributed by atoms with Crippen LogP contribution in [0.4, 0.5) is 0 Å². The number of hydrogen-bond donors (Lipinski definition) is 1. The molecule has 3 aromatic carbocycles. The number of benzene rings is 3. The van der Waals surface area contributed by atoms with E-state index in [9.17, 15) is 19.5 Å². The standard InChI is InChI=1S/C26H23N3O4/c1-17-6-8-18(9-7-17)19-10-12-20(13-11-19)24(30)16-21(26(32)33)14-15-29-25(31)22-4-2-3-5-23(22)27-28-29/h2-13,21H,14-16H2,1H3,(H,32,33)/t21-/m0/s1. The largest absolute Gasteiger partial charge is 0.481 e. The van der Waals surface area contributed by atoms with E-state index in [-0.39, 0.29) is 30.7 Å². The first-order chi connectivity index (χ1) is 15.9. The number of carbonyl (C=O) groups excluding carboxylic acids is 1. The van der Waals surface area contributed by atoms with Crippen LogP contribution in [-0.4, -0.2) is 31.9 Å². The zero-order valence-electron chi connectivity index (χ0n) is 18.1. The minimum atomic E-state index is -1.08. The highest BCUT2D eigenvalue weighted by atomic mass is 16.4. The van der Waals surface area contributed by atoms with Crippen molar-refractivity contribution in [3.8, 4) is 11.1 Å². The van der Waals surface area contributed by atoms with Gasteiger partial charge in [-0.2, -0.15) is 0 Å². The van der Waals surface area contributed by atoms with E-state index in [1.807, 2.05) is 43.3 Å². The number of aliphatic carboxylic acids is 1. The fraction of sp³-hybridized carbons (Fsp3) is 0.192. The van der Waals surface area contributed by atoms with Crippen LogP contribution in [0.2, 0.25) is 0 Å². The second kappa shape index (κ2) is 9.56. The molecule has 0 radical (unpaired) electrons. The molecule has 0 spiro atoms. The normalized spacial score (nSPS) is 11.9. The van der Waals surface area contributed by atoms with Gasteiger partial charge in [-0.3, -0.25) is 14.4 Å². The molecule has 1 aromatic heterocycles.